The van der Waals surface area contributed by atoms with E-state index in [-0.39, 0.29) is 23.4 Å². The van der Waals surface area contributed by atoms with Gasteiger partial charge >= 0.3 is 0 Å². The molecule has 0 bridgehead atoms. The average molecular weight is 297 g/mol. The Morgan fingerprint density at radius 3 is 2.55 bits per heavy atom. The minimum atomic E-state index is -0.213. The van der Waals surface area contributed by atoms with E-state index in [0.717, 1.165) is 5.69 Å². The number of amides is 1. The molecule has 5 heteroatoms. The Morgan fingerprint density at radius 1 is 1.09 bits per heavy atom. The zero-order chi connectivity index (χ0) is 16.1. The van der Waals surface area contributed by atoms with Crippen LogP contribution < -0.4 is 10.6 Å². The van der Waals surface area contributed by atoms with E-state index in [4.69, 9.17) is 0 Å². The van der Waals surface area contributed by atoms with E-state index < -0.39 is 0 Å². The fourth-order valence-electron chi connectivity index (χ4n) is 2.01. The van der Waals surface area contributed by atoms with Gasteiger partial charge in [-0.25, -0.2) is 0 Å². The van der Waals surface area contributed by atoms with Crippen molar-refractivity contribution in [3.63, 3.8) is 0 Å². The monoisotopic (exact) mass is 297 g/mol. The highest BCUT2D eigenvalue weighted by Gasteiger charge is 2.14. The number of pyridine rings is 1. The molecule has 2 rings (SSSR count). The molecule has 0 saturated heterocycles. The van der Waals surface area contributed by atoms with Gasteiger partial charge in [-0.1, -0.05) is 12.1 Å². The molecule has 0 unspecified atom stereocenters. The molecule has 0 spiro atoms. The Bertz CT molecular complexity index is 696. The molecular weight excluding hydrogens is 278 g/mol. The molecule has 2 aromatic rings. The number of hydrogen-bond acceptors (Lipinski definition) is 4. The Labute approximate surface area is 129 Å². The molecule has 0 fully saturated rings. The van der Waals surface area contributed by atoms with Crippen LogP contribution in [0, 0.1) is 0 Å². The van der Waals surface area contributed by atoms with Crippen LogP contribution in [-0.2, 0) is 0 Å². The topological polar surface area (TPSA) is 71.1 Å². The van der Waals surface area contributed by atoms with E-state index in [1.165, 1.54) is 12.3 Å². The number of rotatable bonds is 5. The summed E-state index contributed by atoms with van der Waals surface area (Å²) in [4.78, 5) is 28.6. The third-order valence-electron chi connectivity index (χ3n) is 3.09. The van der Waals surface area contributed by atoms with Crippen LogP contribution in [0.3, 0.4) is 0 Å². The summed E-state index contributed by atoms with van der Waals surface area (Å²) in [5.74, 6) is -0.424. The van der Waals surface area contributed by atoms with Gasteiger partial charge in [0.05, 0.1) is 0 Å². The van der Waals surface area contributed by atoms with E-state index in [2.05, 4.69) is 15.6 Å². The first kappa shape index (κ1) is 15.7. The second kappa shape index (κ2) is 6.85. The highest BCUT2D eigenvalue weighted by molar-refractivity contribution is 6.09. The molecule has 1 amide bonds. The van der Waals surface area contributed by atoms with Crippen LogP contribution >= 0.6 is 0 Å². The van der Waals surface area contributed by atoms with Gasteiger partial charge in [-0.3, -0.25) is 14.6 Å². The van der Waals surface area contributed by atoms with Crippen molar-refractivity contribution in [3.8, 4) is 0 Å². The van der Waals surface area contributed by atoms with Crippen LogP contribution in [0.4, 0.5) is 5.69 Å². The lowest BCUT2D eigenvalue weighted by molar-refractivity contribution is 0.0943. The van der Waals surface area contributed by atoms with Crippen molar-refractivity contribution in [2.75, 3.05) is 12.4 Å². The van der Waals surface area contributed by atoms with Gasteiger partial charge in [0.1, 0.15) is 5.69 Å². The van der Waals surface area contributed by atoms with Gasteiger partial charge in [-0.05, 0) is 38.1 Å². The van der Waals surface area contributed by atoms with Crippen LogP contribution in [0.2, 0.25) is 0 Å². The lowest BCUT2D eigenvalue weighted by atomic mass is 10.1. The fourth-order valence-corrected chi connectivity index (χ4v) is 2.01. The SMILES string of the molecule is CNc1cccc(C(=O)c2cc(C(=O)NC(C)C)ccn2)c1. The second-order valence-corrected chi connectivity index (χ2v) is 5.22. The largest absolute Gasteiger partial charge is 0.388 e. The van der Waals surface area contributed by atoms with Crippen LogP contribution in [-0.4, -0.2) is 29.8 Å². The maximum Gasteiger partial charge on any atom is 0.251 e. The Hall–Kier alpha value is -2.69. The number of carbonyl (C=O) groups is 2. The molecule has 2 N–H and O–H groups in total. The molecule has 0 aliphatic heterocycles. The van der Waals surface area contributed by atoms with E-state index in [9.17, 15) is 9.59 Å². The summed E-state index contributed by atoms with van der Waals surface area (Å²) < 4.78 is 0. The third-order valence-corrected chi connectivity index (χ3v) is 3.09. The van der Waals surface area contributed by atoms with Gasteiger partial charge in [-0.2, -0.15) is 0 Å². The number of anilines is 1. The molecule has 0 saturated carbocycles. The summed E-state index contributed by atoms with van der Waals surface area (Å²) in [6.07, 6.45) is 1.48. The molecule has 5 nitrogen and oxygen atoms in total. The lowest BCUT2D eigenvalue weighted by Gasteiger charge is -2.09. The van der Waals surface area contributed by atoms with Crippen molar-refractivity contribution in [1.29, 1.82) is 0 Å². The van der Waals surface area contributed by atoms with Crippen LogP contribution in [0.25, 0.3) is 0 Å². The summed E-state index contributed by atoms with van der Waals surface area (Å²) in [6.45, 7) is 3.77. The van der Waals surface area contributed by atoms with Crippen molar-refractivity contribution in [2.24, 2.45) is 0 Å². The van der Waals surface area contributed by atoms with Gasteiger partial charge < -0.3 is 10.6 Å². The number of nitrogens with zero attached hydrogens (tertiary/aromatic N) is 1. The van der Waals surface area contributed by atoms with E-state index in [0.29, 0.717) is 11.1 Å². The number of ketones is 1. The maximum atomic E-state index is 12.5. The fraction of sp³-hybridized carbons (Fsp3) is 0.235. The summed E-state index contributed by atoms with van der Waals surface area (Å²) >= 11 is 0. The zero-order valence-electron chi connectivity index (χ0n) is 12.9. The molecule has 1 aromatic carbocycles. The van der Waals surface area contributed by atoms with E-state index in [1.54, 1.807) is 31.3 Å². The number of hydrogen-bond donors (Lipinski definition) is 2. The van der Waals surface area contributed by atoms with Gasteiger partial charge in [0.2, 0.25) is 5.78 Å². The molecule has 1 heterocycles. The molecule has 1 aromatic heterocycles. The molecule has 0 radical (unpaired) electrons. The van der Waals surface area contributed by atoms with Crippen LogP contribution in [0.15, 0.2) is 42.6 Å². The van der Waals surface area contributed by atoms with Crippen molar-refractivity contribution < 1.29 is 9.59 Å². The Kier molecular flexibility index (Phi) is 4.88. The van der Waals surface area contributed by atoms with Crippen molar-refractivity contribution >= 4 is 17.4 Å². The third kappa shape index (κ3) is 3.69. The first-order chi connectivity index (χ1) is 10.5. The minimum Gasteiger partial charge on any atom is -0.388 e. The molecule has 0 aliphatic carbocycles. The van der Waals surface area contributed by atoms with Gasteiger partial charge in [-0.15, -0.1) is 0 Å². The Balaban J connectivity index is 2.28. The van der Waals surface area contributed by atoms with Crippen LogP contribution in [0.5, 0.6) is 0 Å². The second-order valence-electron chi connectivity index (χ2n) is 5.22. The first-order valence-corrected chi connectivity index (χ1v) is 7.10. The number of carbonyl (C=O) groups excluding carboxylic acids is 2. The zero-order valence-corrected chi connectivity index (χ0v) is 12.9. The van der Waals surface area contributed by atoms with E-state index in [1.807, 2.05) is 19.9 Å². The minimum absolute atomic E-state index is 0.0344. The summed E-state index contributed by atoms with van der Waals surface area (Å²) in [5.41, 5.74) is 2.06. The number of aromatic nitrogens is 1. The smallest absolute Gasteiger partial charge is 0.251 e. The van der Waals surface area contributed by atoms with Gasteiger partial charge in [0, 0.05) is 36.1 Å². The summed E-state index contributed by atoms with van der Waals surface area (Å²) in [7, 11) is 1.79. The normalized spacial score (nSPS) is 10.4. The number of benzene rings is 1. The van der Waals surface area contributed by atoms with E-state index >= 15 is 0 Å². The molecular formula is C17H19N3O2. The lowest BCUT2D eigenvalue weighted by Crippen LogP contribution is -2.30. The number of nitrogens with one attached hydrogen (secondary N) is 2. The molecule has 0 atom stereocenters. The highest BCUT2D eigenvalue weighted by atomic mass is 16.1. The molecule has 114 valence electrons. The molecule has 0 aliphatic rings. The highest BCUT2D eigenvalue weighted by Crippen LogP contribution is 2.14. The Morgan fingerprint density at radius 2 is 1.86 bits per heavy atom. The standard InChI is InChI=1S/C17H19N3O2/c1-11(2)20-17(22)13-7-8-19-15(10-13)16(21)12-5-4-6-14(9-12)18-3/h4-11,18H,1-3H3,(H,20,22). The van der Waals surface area contributed by atoms with Gasteiger partial charge in [0.15, 0.2) is 0 Å². The van der Waals surface area contributed by atoms with Gasteiger partial charge in [0.25, 0.3) is 5.91 Å². The first-order valence-electron chi connectivity index (χ1n) is 7.10. The quantitative estimate of drug-likeness (QED) is 0.832. The molecule has 22 heavy (non-hydrogen) atoms. The van der Waals surface area contributed by atoms with Crippen molar-refractivity contribution in [1.82, 2.24) is 10.3 Å². The average Bonchev–Trinajstić information content (AvgIpc) is 2.53. The van der Waals surface area contributed by atoms with Crippen LogP contribution in [0.1, 0.15) is 40.3 Å². The predicted molar refractivity (Wildman–Crippen MR) is 86.3 cm³/mol. The summed E-state index contributed by atoms with van der Waals surface area (Å²) in [5, 5.41) is 5.78. The van der Waals surface area contributed by atoms with Crippen molar-refractivity contribution in [2.45, 2.75) is 19.9 Å². The maximum absolute atomic E-state index is 12.5. The predicted octanol–water partition coefficient (Wildman–Crippen LogP) is 2.49. The summed E-state index contributed by atoms with van der Waals surface area (Å²) in [6, 6.07) is 10.3. The van der Waals surface area contributed by atoms with Crippen molar-refractivity contribution in [3.05, 3.63) is 59.4 Å².